The van der Waals surface area contributed by atoms with Gasteiger partial charge in [-0.15, -0.1) is 11.3 Å². The predicted octanol–water partition coefficient (Wildman–Crippen LogP) is 3.49. The van der Waals surface area contributed by atoms with Crippen molar-refractivity contribution in [2.75, 3.05) is 26.2 Å². The lowest BCUT2D eigenvalue weighted by Crippen LogP contribution is -2.48. The number of aromatic nitrogens is 1. The molecule has 1 fully saturated rings. The Bertz CT molecular complexity index is 907. The third-order valence-electron chi connectivity index (χ3n) is 5.00. The van der Waals surface area contributed by atoms with Gasteiger partial charge in [-0.3, -0.25) is 9.69 Å². The van der Waals surface area contributed by atoms with Gasteiger partial charge in [0.15, 0.2) is 0 Å². The Labute approximate surface area is 158 Å². The van der Waals surface area contributed by atoms with Crippen molar-refractivity contribution in [1.82, 2.24) is 14.8 Å². The van der Waals surface area contributed by atoms with E-state index in [2.05, 4.69) is 39.5 Å². The second-order valence-corrected chi connectivity index (χ2v) is 7.89. The Hall–Kier alpha value is -2.24. The first-order chi connectivity index (χ1) is 12.7. The molecule has 0 N–H and O–H groups in total. The quantitative estimate of drug-likeness (QED) is 0.710. The van der Waals surface area contributed by atoms with Gasteiger partial charge in [0.05, 0.1) is 17.1 Å². The molecule has 0 unspecified atom stereocenters. The normalized spacial score (nSPS) is 15.5. The van der Waals surface area contributed by atoms with Gasteiger partial charge in [0, 0.05) is 38.1 Å². The first kappa shape index (κ1) is 17.2. The summed E-state index contributed by atoms with van der Waals surface area (Å²) in [5.74, 6) is 0.227. The van der Waals surface area contributed by atoms with Crippen molar-refractivity contribution >= 4 is 28.0 Å². The highest BCUT2D eigenvalue weighted by molar-refractivity contribution is 7.09. The summed E-state index contributed by atoms with van der Waals surface area (Å²) in [7, 11) is 0. The summed E-state index contributed by atoms with van der Waals surface area (Å²) in [6, 6.07) is 14.5. The van der Waals surface area contributed by atoms with Gasteiger partial charge in [-0.1, -0.05) is 42.5 Å². The third kappa shape index (κ3) is 3.79. The number of piperazine rings is 1. The van der Waals surface area contributed by atoms with E-state index in [1.54, 1.807) is 11.3 Å². The summed E-state index contributed by atoms with van der Waals surface area (Å²) >= 11 is 1.70. The van der Waals surface area contributed by atoms with E-state index in [1.165, 1.54) is 10.8 Å². The number of carbonyl (C=O) groups excluding carboxylic acids is 1. The van der Waals surface area contributed by atoms with E-state index in [-0.39, 0.29) is 5.91 Å². The number of rotatable bonds is 4. The van der Waals surface area contributed by atoms with Crippen molar-refractivity contribution in [3.05, 3.63) is 64.1 Å². The van der Waals surface area contributed by atoms with Gasteiger partial charge in [-0.05, 0) is 23.3 Å². The molecule has 1 saturated heterocycles. The van der Waals surface area contributed by atoms with Crippen LogP contribution in [0.5, 0.6) is 0 Å². The second kappa shape index (κ2) is 7.56. The fourth-order valence-electron chi connectivity index (χ4n) is 3.59. The SMILES string of the molecule is Cc1nc(CN2CCN(C(=O)Cc3cccc4ccccc34)CC2)cs1. The van der Waals surface area contributed by atoms with Gasteiger partial charge in [-0.25, -0.2) is 4.98 Å². The smallest absolute Gasteiger partial charge is 0.227 e. The summed E-state index contributed by atoms with van der Waals surface area (Å²) < 4.78 is 0. The summed E-state index contributed by atoms with van der Waals surface area (Å²) in [5.41, 5.74) is 2.26. The van der Waals surface area contributed by atoms with Crippen LogP contribution in [0.1, 0.15) is 16.3 Å². The second-order valence-electron chi connectivity index (χ2n) is 6.83. The number of amides is 1. The highest BCUT2D eigenvalue weighted by atomic mass is 32.1. The standard InChI is InChI=1S/C21H23N3OS/c1-16-22-19(15-26-16)14-23-9-11-24(12-10-23)21(25)13-18-7-4-6-17-5-2-3-8-20(17)18/h2-8,15H,9-14H2,1H3. The van der Waals surface area contributed by atoms with Crippen LogP contribution in [-0.2, 0) is 17.8 Å². The van der Waals surface area contributed by atoms with Crippen LogP contribution in [0.25, 0.3) is 10.8 Å². The molecule has 0 atom stereocenters. The minimum Gasteiger partial charge on any atom is -0.340 e. The average molecular weight is 366 g/mol. The third-order valence-corrected chi connectivity index (χ3v) is 5.82. The average Bonchev–Trinajstić information content (AvgIpc) is 3.07. The molecule has 26 heavy (non-hydrogen) atoms. The Balaban J connectivity index is 1.36. The largest absolute Gasteiger partial charge is 0.340 e. The van der Waals surface area contributed by atoms with E-state index >= 15 is 0 Å². The maximum absolute atomic E-state index is 12.8. The van der Waals surface area contributed by atoms with Gasteiger partial charge in [0.25, 0.3) is 0 Å². The Morgan fingerprint density at radius 2 is 1.85 bits per heavy atom. The van der Waals surface area contributed by atoms with E-state index in [0.717, 1.165) is 49.0 Å². The molecule has 2 aromatic carbocycles. The van der Waals surface area contributed by atoms with Gasteiger partial charge in [0.1, 0.15) is 0 Å². The van der Waals surface area contributed by atoms with Crippen LogP contribution in [0.15, 0.2) is 47.8 Å². The van der Waals surface area contributed by atoms with Crippen LogP contribution >= 0.6 is 11.3 Å². The zero-order chi connectivity index (χ0) is 17.9. The topological polar surface area (TPSA) is 36.4 Å². The minimum absolute atomic E-state index is 0.227. The maximum Gasteiger partial charge on any atom is 0.227 e. The van der Waals surface area contributed by atoms with Crippen LogP contribution in [0.3, 0.4) is 0 Å². The molecule has 5 heteroatoms. The molecule has 1 aliphatic heterocycles. The number of fused-ring (bicyclic) bond motifs is 1. The molecule has 0 aliphatic carbocycles. The molecular formula is C21H23N3OS. The zero-order valence-electron chi connectivity index (χ0n) is 15.0. The van der Waals surface area contributed by atoms with Crippen LogP contribution in [-0.4, -0.2) is 46.9 Å². The number of hydrogen-bond acceptors (Lipinski definition) is 4. The van der Waals surface area contributed by atoms with Crippen molar-refractivity contribution in [3.63, 3.8) is 0 Å². The molecule has 3 aromatic rings. The molecule has 4 nitrogen and oxygen atoms in total. The molecule has 0 bridgehead atoms. The summed E-state index contributed by atoms with van der Waals surface area (Å²) in [5, 5.41) is 5.62. The zero-order valence-corrected chi connectivity index (χ0v) is 15.8. The molecule has 0 saturated carbocycles. The van der Waals surface area contributed by atoms with Gasteiger partial charge in [-0.2, -0.15) is 0 Å². The lowest BCUT2D eigenvalue weighted by Gasteiger charge is -2.34. The highest BCUT2D eigenvalue weighted by Gasteiger charge is 2.22. The van der Waals surface area contributed by atoms with Crippen molar-refractivity contribution in [2.24, 2.45) is 0 Å². The van der Waals surface area contributed by atoms with E-state index in [1.807, 2.05) is 30.0 Å². The summed E-state index contributed by atoms with van der Waals surface area (Å²) in [6.07, 6.45) is 0.479. The molecule has 2 heterocycles. The molecule has 134 valence electrons. The van der Waals surface area contributed by atoms with Gasteiger partial charge in [0.2, 0.25) is 5.91 Å². The molecule has 0 spiro atoms. The van der Waals surface area contributed by atoms with Crippen LogP contribution < -0.4 is 0 Å². The van der Waals surface area contributed by atoms with E-state index in [0.29, 0.717) is 6.42 Å². The van der Waals surface area contributed by atoms with Crippen molar-refractivity contribution in [3.8, 4) is 0 Å². The molecular weight excluding hydrogens is 342 g/mol. The van der Waals surface area contributed by atoms with Crippen LogP contribution in [0.4, 0.5) is 0 Å². The fourth-order valence-corrected chi connectivity index (χ4v) is 4.19. The van der Waals surface area contributed by atoms with Crippen LogP contribution in [0, 0.1) is 6.92 Å². The van der Waals surface area contributed by atoms with Crippen molar-refractivity contribution < 1.29 is 4.79 Å². The fraction of sp³-hybridized carbons (Fsp3) is 0.333. The number of hydrogen-bond donors (Lipinski definition) is 0. The molecule has 1 aliphatic rings. The number of benzene rings is 2. The first-order valence-electron chi connectivity index (χ1n) is 9.07. The van der Waals surface area contributed by atoms with Gasteiger partial charge < -0.3 is 4.90 Å². The molecule has 0 radical (unpaired) electrons. The van der Waals surface area contributed by atoms with E-state index in [4.69, 9.17) is 0 Å². The summed E-state index contributed by atoms with van der Waals surface area (Å²) in [4.78, 5) is 21.7. The van der Waals surface area contributed by atoms with Crippen molar-refractivity contribution in [1.29, 1.82) is 0 Å². The number of aryl methyl sites for hydroxylation is 1. The lowest BCUT2D eigenvalue weighted by molar-refractivity contribution is -0.132. The first-order valence-corrected chi connectivity index (χ1v) is 9.95. The summed E-state index contributed by atoms with van der Waals surface area (Å²) in [6.45, 7) is 6.35. The molecule has 4 rings (SSSR count). The monoisotopic (exact) mass is 365 g/mol. The number of thiazole rings is 1. The Morgan fingerprint density at radius 1 is 1.08 bits per heavy atom. The lowest BCUT2D eigenvalue weighted by atomic mass is 10.0. The molecule has 1 amide bonds. The molecule has 1 aromatic heterocycles. The van der Waals surface area contributed by atoms with Crippen LogP contribution in [0.2, 0.25) is 0 Å². The maximum atomic E-state index is 12.8. The van der Waals surface area contributed by atoms with Gasteiger partial charge >= 0.3 is 0 Å². The van der Waals surface area contributed by atoms with Crippen molar-refractivity contribution in [2.45, 2.75) is 19.9 Å². The number of nitrogens with zero attached hydrogens (tertiary/aromatic N) is 3. The highest BCUT2D eigenvalue weighted by Crippen LogP contribution is 2.20. The van der Waals surface area contributed by atoms with E-state index in [9.17, 15) is 4.79 Å². The Kier molecular flexibility index (Phi) is 5.00. The Morgan fingerprint density at radius 3 is 2.62 bits per heavy atom. The van der Waals surface area contributed by atoms with E-state index < -0.39 is 0 Å². The predicted molar refractivity (Wildman–Crippen MR) is 106 cm³/mol. The minimum atomic E-state index is 0.227. The number of carbonyl (C=O) groups is 1.